The number of aromatic nitrogens is 3. The highest BCUT2D eigenvalue weighted by molar-refractivity contribution is 6.27. The number of benzene rings is 7. The van der Waals surface area contributed by atoms with Crippen molar-refractivity contribution in [3.05, 3.63) is 164 Å². The maximum Gasteiger partial charge on any atom is 0.162 e. The molecule has 4 heteroatoms. The average Bonchev–Trinajstić information content (AvgIpc) is 3.57. The van der Waals surface area contributed by atoms with Gasteiger partial charge in [-0.2, -0.15) is 0 Å². The number of fused-ring (bicyclic) bond motifs is 8. The molecule has 4 nitrogen and oxygen atoms in total. The Morgan fingerprint density at radius 1 is 0.367 bits per heavy atom. The Hall–Kier alpha value is -6.65. The molecule has 7 aromatic carbocycles. The summed E-state index contributed by atoms with van der Waals surface area (Å²) in [7, 11) is 0. The molecular formula is C45H27N3O. The summed E-state index contributed by atoms with van der Waals surface area (Å²) in [6, 6.07) is 56.7. The molecule has 228 valence electrons. The Morgan fingerprint density at radius 2 is 1.06 bits per heavy atom. The van der Waals surface area contributed by atoms with Crippen LogP contribution in [0.2, 0.25) is 0 Å². The van der Waals surface area contributed by atoms with Gasteiger partial charge in [0.15, 0.2) is 11.4 Å². The zero-order valence-corrected chi connectivity index (χ0v) is 26.3. The van der Waals surface area contributed by atoms with Crippen LogP contribution in [0, 0.1) is 0 Å². The molecule has 0 aliphatic carbocycles. The number of pyridine rings is 1. The normalized spacial score (nSPS) is 11.7. The first-order valence-electron chi connectivity index (χ1n) is 16.4. The molecule has 0 fully saturated rings. The van der Waals surface area contributed by atoms with Crippen LogP contribution in [-0.4, -0.2) is 15.0 Å². The van der Waals surface area contributed by atoms with Gasteiger partial charge in [-0.25, -0.2) is 15.0 Å². The van der Waals surface area contributed by atoms with E-state index >= 15 is 0 Å². The lowest BCUT2D eigenvalue weighted by atomic mass is 9.96. The number of nitrogens with zero attached hydrogens (tertiary/aromatic N) is 3. The van der Waals surface area contributed by atoms with Gasteiger partial charge in [-0.05, 0) is 46.2 Å². The maximum atomic E-state index is 6.61. The fourth-order valence-electron chi connectivity index (χ4n) is 7.12. The van der Waals surface area contributed by atoms with E-state index in [0.717, 1.165) is 88.8 Å². The van der Waals surface area contributed by atoms with Gasteiger partial charge in [-0.15, -0.1) is 0 Å². The standard InChI is InChI=1S/C45H27N3O/c1-2-12-31(13-3-1)45-47-37-19-8-6-17-35(37)42(48-45)30-23-21-28(22-24-30)32-14-10-15-33(27-32)43-44-41(36-18-7-9-20-39(36)49-44)40-34-16-5-4-11-29(34)25-26-38(40)46-43/h1-27H. The van der Waals surface area contributed by atoms with Gasteiger partial charge in [0.1, 0.15) is 11.3 Å². The summed E-state index contributed by atoms with van der Waals surface area (Å²) in [5.74, 6) is 0.721. The van der Waals surface area contributed by atoms with Crippen molar-refractivity contribution in [2.24, 2.45) is 0 Å². The first-order chi connectivity index (χ1) is 24.3. The SMILES string of the molecule is c1ccc(-c2nc(-c3ccc(-c4cccc(-c5nc6ccc7ccccc7c6c6c5oc5ccccc56)c4)cc3)c3ccccc3n2)cc1. The van der Waals surface area contributed by atoms with Crippen LogP contribution >= 0.6 is 0 Å². The molecule has 10 rings (SSSR count). The topological polar surface area (TPSA) is 51.8 Å². The second-order valence-electron chi connectivity index (χ2n) is 12.4. The van der Waals surface area contributed by atoms with Crippen molar-refractivity contribution in [1.29, 1.82) is 0 Å². The van der Waals surface area contributed by atoms with Crippen molar-refractivity contribution in [1.82, 2.24) is 15.0 Å². The van der Waals surface area contributed by atoms with Crippen LogP contribution in [-0.2, 0) is 0 Å². The lowest BCUT2D eigenvalue weighted by molar-refractivity contribution is 0.669. The van der Waals surface area contributed by atoms with E-state index in [1.807, 2.05) is 42.5 Å². The van der Waals surface area contributed by atoms with Crippen molar-refractivity contribution >= 4 is 54.5 Å². The highest BCUT2D eigenvalue weighted by atomic mass is 16.3. The number of para-hydroxylation sites is 2. The third-order valence-corrected chi connectivity index (χ3v) is 9.46. The lowest BCUT2D eigenvalue weighted by Crippen LogP contribution is -1.95. The van der Waals surface area contributed by atoms with Crippen LogP contribution in [0.15, 0.2) is 168 Å². The second-order valence-corrected chi connectivity index (χ2v) is 12.4. The van der Waals surface area contributed by atoms with Gasteiger partial charge in [-0.1, -0.05) is 140 Å². The molecule has 0 N–H and O–H groups in total. The van der Waals surface area contributed by atoms with E-state index in [0.29, 0.717) is 0 Å². The van der Waals surface area contributed by atoms with E-state index in [2.05, 4.69) is 121 Å². The Kier molecular flexibility index (Phi) is 6.15. The smallest absolute Gasteiger partial charge is 0.162 e. The van der Waals surface area contributed by atoms with Crippen LogP contribution in [0.4, 0.5) is 0 Å². The molecule has 0 unspecified atom stereocenters. The number of furan rings is 1. The van der Waals surface area contributed by atoms with Crippen molar-refractivity contribution in [3.63, 3.8) is 0 Å². The van der Waals surface area contributed by atoms with Gasteiger partial charge in [0.2, 0.25) is 0 Å². The van der Waals surface area contributed by atoms with Gasteiger partial charge >= 0.3 is 0 Å². The van der Waals surface area contributed by atoms with Gasteiger partial charge in [0, 0.05) is 38.2 Å². The number of rotatable bonds is 4. The highest BCUT2D eigenvalue weighted by Crippen LogP contribution is 2.42. The van der Waals surface area contributed by atoms with Crippen molar-refractivity contribution in [3.8, 4) is 45.0 Å². The Balaban J connectivity index is 1.10. The third kappa shape index (κ3) is 4.49. The minimum absolute atomic E-state index is 0.721. The first kappa shape index (κ1) is 27.5. The van der Waals surface area contributed by atoms with E-state index in [9.17, 15) is 0 Å². The van der Waals surface area contributed by atoms with Gasteiger partial charge in [0.05, 0.1) is 16.7 Å². The lowest BCUT2D eigenvalue weighted by Gasteiger charge is -2.11. The summed E-state index contributed by atoms with van der Waals surface area (Å²) < 4.78 is 6.61. The van der Waals surface area contributed by atoms with Crippen LogP contribution in [0.3, 0.4) is 0 Å². The Morgan fingerprint density at radius 3 is 1.94 bits per heavy atom. The third-order valence-electron chi connectivity index (χ3n) is 9.46. The van der Waals surface area contributed by atoms with Crippen molar-refractivity contribution in [2.75, 3.05) is 0 Å². The summed E-state index contributed by atoms with van der Waals surface area (Å²) in [4.78, 5) is 15.2. The fourth-order valence-corrected chi connectivity index (χ4v) is 7.12. The van der Waals surface area contributed by atoms with Crippen LogP contribution in [0.1, 0.15) is 0 Å². The summed E-state index contributed by atoms with van der Waals surface area (Å²) >= 11 is 0. The molecule has 0 bridgehead atoms. The first-order valence-corrected chi connectivity index (χ1v) is 16.4. The zero-order chi connectivity index (χ0) is 32.3. The van der Waals surface area contributed by atoms with Gasteiger partial charge in [-0.3, -0.25) is 0 Å². The number of hydrogen-bond donors (Lipinski definition) is 0. The van der Waals surface area contributed by atoms with Crippen LogP contribution in [0.5, 0.6) is 0 Å². The van der Waals surface area contributed by atoms with Crippen molar-refractivity contribution < 1.29 is 4.42 Å². The number of hydrogen-bond acceptors (Lipinski definition) is 4. The molecule has 0 atom stereocenters. The van der Waals surface area contributed by atoms with E-state index in [4.69, 9.17) is 19.4 Å². The fraction of sp³-hybridized carbons (Fsp3) is 0. The summed E-state index contributed by atoms with van der Waals surface area (Å²) in [5.41, 5.74) is 10.6. The molecule has 0 aliphatic rings. The molecule has 49 heavy (non-hydrogen) atoms. The molecule has 0 radical (unpaired) electrons. The van der Waals surface area contributed by atoms with Crippen molar-refractivity contribution in [2.45, 2.75) is 0 Å². The van der Waals surface area contributed by atoms with Crippen LogP contribution < -0.4 is 0 Å². The maximum absolute atomic E-state index is 6.61. The van der Waals surface area contributed by atoms with Gasteiger partial charge < -0.3 is 4.42 Å². The summed E-state index contributed by atoms with van der Waals surface area (Å²) in [6.07, 6.45) is 0. The molecule has 3 aromatic heterocycles. The quantitative estimate of drug-likeness (QED) is 0.183. The average molecular weight is 626 g/mol. The largest absolute Gasteiger partial charge is 0.454 e. The Labute approximate surface area is 282 Å². The molecule has 0 aliphatic heterocycles. The van der Waals surface area contributed by atoms with Crippen LogP contribution in [0.25, 0.3) is 99.5 Å². The molecule has 0 spiro atoms. The molecule has 0 saturated carbocycles. The molecule has 10 aromatic rings. The minimum Gasteiger partial charge on any atom is -0.454 e. The van der Waals surface area contributed by atoms with E-state index < -0.39 is 0 Å². The monoisotopic (exact) mass is 625 g/mol. The molecule has 3 heterocycles. The minimum atomic E-state index is 0.721. The van der Waals surface area contributed by atoms with E-state index in [1.165, 1.54) is 10.8 Å². The molecular weight excluding hydrogens is 599 g/mol. The molecule has 0 amide bonds. The summed E-state index contributed by atoms with van der Waals surface area (Å²) in [6.45, 7) is 0. The van der Waals surface area contributed by atoms with Gasteiger partial charge in [0.25, 0.3) is 0 Å². The summed E-state index contributed by atoms with van der Waals surface area (Å²) in [5, 5.41) is 6.73. The zero-order valence-electron chi connectivity index (χ0n) is 26.3. The van der Waals surface area contributed by atoms with E-state index in [-0.39, 0.29) is 0 Å². The second kappa shape index (κ2) is 11.0. The van der Waals surface area contributed by atoms with E-state index in [1.54, 1.807) is 0 Å². The predicted octanol–water partition coefficient (Wildman–Crippen LogP) is 11.9. The predicted molar refractivity (Wildman–Crippen MR) is 201 cm³/mol. The Bertz CT molecular complexity index is 2870. The molecule has 0 saturated heterocycles. The highest BCUT2D eigenvalue weighted by Gasteiger charge is 2.20.